The number of carboxylic acids is 1. The van der Waals surface area contributed by atoms with Crippen LogP contribution in [0.25, 0.3) is 0 Å². The fourth-order valence-corrected chi connectivity index (χ4v) is 4.15. The van der Waals surface area contributed by atoms with Crippen molar-refractivity contribution in [3.05, 3.63) is 65.5 Å². The van der Waals surface area contributed by atoms with Crippen molar-refractivity contribution >= 4 is 35.0 Å². The molecule has 1 saturated heterocycles. The van der Waals surface area contributed by atoms with Gasteiger partial charge in [0.05, 0.1) is 18.0 Å². The van der Waals surface area contributed by atoms with Crippen LogP contribution in [0.1, 0.15) is 36.4 Å². The Balaban J connectivity index is 1.50. The number of benzene rings is 2. The predicted molar refractivity (Wildman–Crippen MR) is 130 cm³/mol. The molecule has 3 rings (SSSR count). The van der Waals surface area contributed by atoms with Gasteiger partial charge < -0.3 is 25.5 Å². The third kappa shape index (κ3) is 7.54. The number of urea groups is 1. The van der Waals surface area contributed by atoms with E-state index in [0.717, 1.165) is 12.1 Å². The Kier molecular flexibility index (Phi) is 9.08. The van der Waals surface area contributed by atoms with Crippen LogP contribution in [0.4, 0.5) is 28.0 Å². The molecule has 2 aromatic carbocycles. The van der Waals surface area contributed by atoms with Gasteiger partial charge in [0, 0.05) is 31.9 Å². The molecule has 0 radical (unpaired) electrons. The third-order valence-electron chi connectivity index (χ3n) is 5.71. The van der Waals surface area contributed by atoms with Gasteiger partial charge in [-0.3, -0.25) is 4.79 Å². The van der Waals surface area contributed by atoms with Crippen molar-refractivity contribution in [3.8, 4) is 0 Å². The van der Waals surface area contributed by atoms with Crippen LogP contribution in [0.5, 0.6) is 0 Å². The van der Waals surface area contributed by atoms with Crippen molar-refractivity contribution in [2.24, 2.45) is 0 Å². The van der Waals surface area contributed by atoms with Gasteiger partial charge in [-0.2, -0.15) is 13.2 Å². The zero-order chi connectivity index (χ0) is 26.3. The highest BCUT2D eigenvalue weighted by Gasteiger charge is 2.37. The molecule has 2 amide bonds. The van der Waals surface area contributed by atoms with Gasteiger partial charge in [0.1, 0.15) is 5.82 Å². The van der Waals surface area contributed by atoms with Gasteiger partial charge in [0.15, 0.2) is 5.11 Å². The van der Waals surface area contributed by atoms with Crippen LogP contribution in [-0.2, 0) is 11.0 Å². The van der Waals surface area contributed by atoms with E-state index in [1.165, 1.54) is 29.2 Å². The number of carbonyl (C=O) groups is 2. The number of halogens is 4. The van der Waals surface area contributed by atoms with E-state index in [9.17, 15) is 32.3 Å². The molecule has 1 aliphatic heterocycles. The van der Waals surface area contributed by atoms with Crippen LogP contribution in [0, 0.1) is 5.82 Å². The summed E-state index contributed by atoms with van der Waals surface area (Å²) in [6.07, 6.45) is -3.75. The summed E-state index contributed by atoms with van der Waals surface area (Å²) in [5.74, 6) is -1.56. The molecule has 36 heavy (non-hydrogen) atoms. The first-order valence-corrected chi connectivity index (χ1v) is 11.7. The highest BCUT2D eigenvalue weighted by atomic mass is 32.1. The Morgan fingerprint density at radius 3 is 2.50 bits per heavy atom. The average Bonchev–Trinajstić information content (AvgIpc) is 3.18. The fraction of sp³-hybridized carbons (Fsp3) is 0.375. The van der Waals surface area contributed by atoms with E-state index < -0.39 is 36.2 Å². The lowest BCUT2D eigenvalue weighted by Crippen LogP contribution is -2.36. The topological polar surface area (TPSA) is 84.9 Å². The van der Waals surface area contributed by atoms with Crippen molar-refractivity contribution in [2.45, 2.75) is 31.5 Å². The second kappa shape index (κ2) is 12.0. The number of carbonyl (C=O) groups excluding carboxylic acids is 1. The summed E-state index contributed by atoms with van der Waals surface area (Å²) < 4.78 is 52.4. The van der Waals surface area contributed by atoms with Crippen LogP contribution in [0.15, 0.2) is 48.5 Å². The second-order valence-electron chi connectivity index (χ2n) is 8.29. The van der Waals surface area contributed by atoms with E-state index in [2.05, 4.69) is 10.6 Å². The molecule has 0 aliphatic carbocycles. The first-order valence-electron chi connectivity index (χ1n) is 11.3. The minimum atomic E-state index is -4.57. The van der Waals surface area contributed by atoms with Crippen LogP contribution >= 0.6 is 12.2 Å². The maximum absolute atomic E-state index is 13.1. The molecule has 12 heteroatoms. The maximum atomic E-state index is 13.1. The number of hydrogen-bond donors (Lipinski definition) is 3. The lowest BCUT2D eigenvalue weighted by atomic mass is 10.00. The van der Waals surface area contributed by atoms with Crippen molar-refractivity contribution < 1.29 is 32.3 Å². The van der Waals surface area contributed by atoms with Gasteiger partial charge >= 0.3 is 18.2 Å². The van der Waals surface area contributed by atoms with E-state index in [1.54, 1.807) is 17.0 Å². The molecule has 1 fully saturated rings. The molecule has 7 nitrogen and oxygen atoms in total. The van der Waals surface area contributed by atoms with E-state index in [4.69, 9.17) is 12.2 Å². The standard InChI is InChI=1S/C24H26F4N4O3S/c25-18-6-8-19(9-7-18)30-22(36)29-10-1-2-11-31-12-13-32(23(31)35)20(15-21(33)34)16-4-3-5-17(14-16)24(26,27)28/h3-9,14,20H,1-2,10-13,15H2,(H,33,34)(H2,29,30,36)/t20-/m0/s1. The Morgan fingerprint density at radius 1 is 1.11 bits per heavy atom. The van der Waals surface area contributed by atoms with E-state index >= 15 is 0 Å². The Bertz CT molecular complexity index is 1080. The van der Waals surface area contributed by atoms with Crippen LogP contribution in [-0.4, -0.2) is 58.2 Å². The monoisotopic (exact) mass is 526 g/mol. The molecule has 1 aliphatic rings. The number of carboxylic acid groups (broad SMARTS) is 1. The predicted octanol–water partition coefficient (Wildman–Crippen LogP) is 4.86. The van der Waals surface area contributed by atoms with Gasteiger partial charge in [-0.05, 0) is 67.0 Å². The minimum absolute atomic E-state index is 0.133. The number of anilines is 1. The van der Waals surface area contributed by atoms with Gasteiger partial charge in [-0.25, -0.2) is 9.18 Å². The van der Waals surface area contributed by atoms with Gasteiger partial charge in [-0.1, -0.05) is 12.1 Å². The molecule has 1 heterocycles. The van der Waals surface area contributed by atoms with Gasteiger partial charge in [0.25, 0.3) is 0 Å². The number of rotatable bonds is 10. The zero-order valence-corrected chi connectivity index (χ0v) is 20.0. The summed E-state index contributed by atoms with van der Waals surface area (Å²) in [7, 11) is 0. The number of alkyl halides is 3. The molecule has 0 unspecified atom stereocenters. The highest BCUT2D eigenvalue weighted by molar-refractivity contribution is 7.80. The summed E-state index contributed by atoms with van der Waals surface area (Å²) in [5, 5.41) is 15.7. The summed E-state index contributed by atoms with van der Waals surface area (Å²) in [5.41, 5.74) is -0.111. The second-order valence-corrected chi connectivity index (χ2v) is 8.70. The molecule has 194 valence electrons. The smallest absolute Gasteiger partial charge is 0.416 e. The SMILES string of the molecule is O=C(O)C[C@@H](c1cccc(C(F)(F)F)c1)N1CCN(CCCCNC(=S)Nc2ccc(F)cc2)C1=O. The summed E-state index contributed by atoms with van der Waals surface area (Å²) in [4.78, 5) is 27.3. The van der Waals surface area contributed by atoms with E-state index in [1.807, 2.05) is 0 Å². The van der Waals surface area contributed by atoms with Crippen LogP contribution < -0.4 is 10.6 Å². The van der Waals surface area contributed by atoms with Gasteiger partial charge in [-0.15, -0.1) is 0 Å². The molecule has 2 aromatic rings. The Morgan fingerprint density at radius 2 is 1.83 bits per heavy atom. The largest absolute Gasteiger partial charge is 0.481 e. The number of thiocarbonyl (C=S) groups is 1. The number of nitrogens with one attached hydrogen (secondary N) is 2. The zero-order valence-electron chi connectivity index (χ0n) is 19.2. The number of nitrogens with zero attached hydrogens (tertiary/aromatic N) is 2. The average molecular weight is 527 g/mol. The quantitative estimate of drug-likeness (QED) is 0.233. The van der Waals surface area contributed by atoms with Crippen LogP contribution in [0.3, 0.4) is 0 Å². The lowest BCUT2D eigenvalue weighted by Gasteiger charge is -2.28. The summed E-state index contributed by atoms with van der Waals surface area (Å²) in [6, 6.07) is 8.78. The lowest BCUT2D eigenvalue weighted by molar-refractivity contribution is -0.138. The van der Waals surface area contributed by atoms with Crippen LogP contribution in [0.2, 0.25) is 0 Å². The van der Waals surface area contributed by atoms with E-state index in [-0.39, 0.29) is 17.9 Å². The minimum Gasteiger partial charge on any atom is -0.481 e. The number of amides is 2. The Labute approximate surface area is 211 Å². The number of aliphatic carboxylic acids is 1. The first-order chi connectivity index (χ1) is 17.0. The number of hydrogen-bond acceptors (Lipinski definition) is 3. The van der Waals surface area contributed by atoms with Crippen molar-refractivity contribution in [1.29, 1.82) is 0 Å². The van der Waals surface area contributed by atoms with Crippen molar-refractivity contribution in [2.75, 3.05) is 31.5 Å². The summed E-state index contributed by atoms with van der Waals surface area (Å²) >= 11 is 5.20. The first kappa shape index (κ1) is 27.2. The number of unbranched alkanes of at least 4 members (excludes halogenated alkanes) is 1. The maximum Gasteiger partial charge on any atom is 0.416 e. The highest BCUT2D eigenvalue weighted by Crippen LogP contribution is 2.34. The van der Waals surface area contributed by atoms with Gasteiger partial charge in [0.2, 0.25) is 0 Å². The summed E-state index contributed by atoms with van der Waals surface area (Å²) in [6.45, 7) is 1.52. The third-order valence-corrected chi connectivity index (χ3v) is 5.96. The molecule has 0 saturated carbocycles. The molecule has 0 bridgehead atoms. The molecular weight excluding hydrogens is 500 g/mol. The molecule has 0 aromatic heterocycles. The van der Waals surface area contributed by atoms with E-state index in [0.29, 0.717) is 43.3 Å². The normalized spacial score (nSPS) is 14.6. The molecule has 0 spiro atoms. The fourth-order valence-electron chi connectivity index (χ4n) is 3.93. The Hall–Kier alpha value is -3.41. The molecule has 3 N–H and O–H groups in total. The van der Waals surface area contributed by atoms with Crippen molar-refractivity contribution in [3.63, 3.8) is 0 Å². The van der Waals surface area contributed by atoms with Crippen molar-refractivity contribution in [1.82, 2.24) is 15.1 Å². The molecular formula is C24H26F4N4O3S. The molecule has 1 atom stereocenters.